The van der Waals surface area contributed by atoms with E-state index in [-0.39, 0.29) is 18.2 Å². The first kappa shape index (κ1) is 17.4. The highest BCUT2D eigenvalue weighted by Crippen LogP contribution is 2.18. The predicted molar refractivity (Wildman–Crippen MR) is 84.7 cm³/mol. The minimum absolute atomic E-state index is 0.0877. The average molecular weight is 290 g/mol. The molecule has 3 heteroatoms. The summed E-state index contributed by atoms with van der Waals surface area (Å²) in [6, 6.07) is 3.86. The van der Waals surface area contributed by atoms with Gasteiger partial charge in [-0.05, 0) is 76.8 Å². The van der Waals surface area contributed by atoms with Crippen LogP contribution in [0.4, 0.5) is 0 Å². The maximum atomic E-state index is 12.2. The Balaban J connectivity index is 2.54. The van der Waals surface area contributed by atoms with Crippen molar-refractivity contribution in [3.63, 3.8) is 0 Å². The van der Waals surface area contributed by atoms with Crippen LogP contribution in [-0.2, 0) is 9.53 Å². The molecule has 0 spiro atoms. The fourth-order valence-corrected chi connectivity index (χ4v) is 2.13. The Morgan fingerprint density at radius 3 is 2.00 bits per heavy atom. The van der Waals surface area contributed by atoms with Crippen LogP contribution in [-0.4, -0.2) is 17.4 Å². The Kier molecular flexibility index (Phi) is 5.70. The lowest BCUT2D eigenvalue weighted by molar-refractivity contribution is -0.154. The van der Waals surface area contributed by atoms with Crippen molar-refractivity contribution in [2.75, 3.05) is 0 Å². The largest absolute Gasteiger partial charge is 0.460 e. The normalized spacial score (nSPS) is 11.3. The molecule has 0 atom stereocenters. The number of hydrogen-bond donors (Lipinski definition) is 0. The van der Waals surface area contributed by atoms with Gasteiger partial charge in [0.15, 0.2) is 5.78 Å². The highest BCUT2D eigenvalue weighted by Gasteiger charge is 2.16. The lowest BCUT2D eigenvalue weighted by Gasteiger charge is -2.19. The number of aryl methyl sites for hydroxylation is 2. The van der Waals surface area contributed by atoms with E-state index in [4.69, 9.17) is 4.74 Å². The van der Waals surface area contributed by atoms with Gasteiger partial charge in [0.1, 0.15) is 5.60 Å². The summed E-state index contributed by atoms with van der Waals surface area (Å²) in [5, 5.41) is 0. The molecule has 0 aliphatic rings. The van der Waals surface area contributed by atoms with E-state index in [1.165, 1.54) is 5.56 Å². The van der Waals surface area contributed by atoms with Gasteiger partial charge in [-0.3, -0.25) is 9.59 Å². The number of rotatable bonds is 5. The minimum atomic E-state index is -0.466. The molecule has 0 radical (unpaired) electrons. The number of hydrogen-bond acceptors (Lipinski definition) is 3. The molecule has 3 nitrogen and oxygen atoms in total. The van der Waals surface area contributed by atoms with Gasteiger partial charge in [-0.2, -0.15) is 0 Å². The summed E-state index contributed by atoms with van der Waals surface area (Å²) in [7, 11) is 0. The van der Waals surface area contributed by atoms with E-state index in [2.05, 4.69) is 6.92 Å². The monoisotopic (exact) mass is 290 g/mol. The number of esters is 1. The second kappa shape index (κ2) is 6.88. The topological polar surface area (TPSA) is 43.4 Å². The Labute approximate surface area is 127 Å². The summed E-state index contributed by atoms with van der Waals surface area (Å²) in [6.07, 6.45) is 1.19. The minimum Gasteiger partial charge on any atom is -0.460 e. The average Bonchev–Trinajstić information content (AvgIpc) is 2.32. The van der Waals surface area contributed by atoms with E-state index >= 15 is 0 Å². The number of ketones is 1. The lowest BCUT2D eigenvalue weighted by Crippen LogP contribution is -2.23. The molecule has 21 heavy (non-hydrogen) atoms. The quantitative estimate of drug-likeness (QED) is 0.599. The van der Waals surface area contributed by atoms with Crippen molar-refractivity contribution in [2.45, 2.75) is 66.4 Å². The third-order valence-corrected chi connectivity index (χ3v) is 3.45. The molecule has 0 saturated carbocycles. The third-order valence-electron chi connectivity index (χ3n) is 3.45. The van der Waals surface area contributed by atoms with E-state index in [1.54, 1.807) is 0 Å². The van der Waals surface area contributed by atoms with Crippen LogP contribution in [0.3, 0.4) is 0 Å². The standard InChI is InChI=1S/C18H26O3/c1-12-10-15(11-13(2)14(12)3)16(19)8-7-9-17(20)21-18(4,5)6/h10-11H,7-9H2,1-6H3. The zero-order valence-corrected chi connectivity index (χ0v) is 14.0. The van der Waals surface area contributed by atoms with E-state index in [1.807, 2.05) is 46.8 Å². The molecular weight excluding hydrogens is 264 g/mol. The van der Waals surface area contributed by atoms with Crippen molar-refractivity contribution in [1.82, 2.24) is 0 Å². The van der Waals surface area contributed by atoms with Gasteiger partial charge >= 0.3 is 5.97 Å². The number of benzene rings is 1. The first-order valence-corrected chi connectivity index (χ1v) is 7.43. The molecule has 0 aromatic heterocycles. The Bertz CT molecular complexity index is 513. The molecule has 1 aromatic rings. The molecule has 0 unspecified atom stereocenters. The third kappa shape index (κ3) is 5.70. The van der Waals surface area contributed by atoms with E-state index in [0.717, 1.165) is 16.7 Å². The first-order chi connectivity index (χ1) is 9.60. The van der Waals surface area contributed by atoms with Crippen molar-refractivity contribution < 1.29 is 14.3 Å². The molecular formula is C18H26O3. The van der Waals surface area contributed by atoms with Crippen LogP contribution < -0.4 is 0 Å². The van der Waals surface area contributed by atoms with Crippen LogP contribution in [0, 0.1) is 20.8 Å². The maximum Gasteiger partial charge on any atom is 0.306 e. The number of ether oxygens (including phenoxy) is 1. The fraction of sp³-hybridized carbons (Fsp3) is 0.556. The molecule has 0 amide bonds. The number of carbonyl (C=O) groups excluding carboxylic acids is 2. The lowest BCUT2D eigenvalue weighted by atomic mass is 9.97. The van der Waals surface area contributed by atoms with E-state index < -0.39 is 5.60 Å². The van der Waals surface area contributed by atoms with Gasteiger partial charge in [0.2, 0.25) is 0 Å². The zero-order valence-electron chi connectivity index (χ0n) is 14.0. The SMILES string of the molecule is Cc1cc(C(=O)CCCC(=O)OC(C)(C)C)cc(C)c1C. The van der Waals surface area contributed by atoms with Gasteiger partial charge in [-0.15, -0.1) is 0 Å². The molecule has 0 aliphatic heterocycles. The van der Waals surface area contributed by atoms with E-state index in [9.17, 15) is 9.59 Å². The second-order valence-corrected chi connectivity index (χ2v) is 6.60. The Hall–Kier alpha value is -1.64. The summed E-state index contributed by atoms with van der Waals surface area (Å²) < 4.78 is 5.23. The fourth-order valence-electron chi connectivity index (χ4n) is 2.13. The first-order valence-electron chi connectivity index (χ1n) is 7.43. The Morgan fingerprint density at radius 1 is 1.00 bits per heavy atom. The molecule has 0 N–H and O–H groups in total. The van der Waals surface area contributed by atoms with Gasteiger partial charge in [-0.1, -0.05) is 0 Å². The van der Waals surface area contributed by atoms with Gasteiger partial charge in [0.25, 0.3) is 0 Å². The maximum absolute atomic E-state index is 12.2. The molecule has 0 aliphatic carbocycles. The molecule has 0 saturated heterocycles. The van der Waals surface area contributed by atoms with Gasteiger partial charge < -0.3 is 4.74 Å². The second-order valence-electron chi connectivity index (χ2n) is 6.60. The van der Waals surface area contributed by atoms with Crippen molar-refractivity contribution in [3.05, 3.63) is 34.4 Å². The van der Waals surface area contributed by atoms with Crippen LogP contribution in [0.5, 0.6) is 0 Å². The highest BCUT2D eigenvalue weighted by molar-refractivity contribution is 5.96. The van der Waals surface area contributed by atoms with Crippen molar-refractivity contribution >= 4 is 11.8 Å². The van der Waals surface area contributed by atoms with Gasteiger partial charge in [-0.25, -0.2) is 0 Å². The Morgan fingerprint density at radius 2 is 1.52 bits per heavy atom. The predicted octanol–water partition coefficient (Wildman–Crippen LogP) is 4.31. The van der Waals surface area contributed by atoms with Gasteiger partial charge in [0, 0.05) is 18.4 Å². The number of carbonyl (C=O) groups is 2. The molecule has 0 heterocycles. The summed E-state index contributed by atoms with van der Waals surface area (Å²) in [5.74, 6) is -0.156. The summed E-state index contributed by atoms with van der Waals surface area (Å²) >= 11 is 0. The van der Waals surface area contributed by atoms with Crippen LogP contribution in [0.15, 0.2) is 12.1 Å². The van der Waals surface area contributed by atoms with Crippen LogP contribution in [0.2, 0.25) is 0 Å². The molecule has 116 valence electrons. The summed E-state index contributed by atoms with van der Waals surface area (Å²) in [5.41, 5.74) is 3.75. The molecule has 1 rings (SSSR count). The number of Topliss-reactive ketones (excluding diaryl/α,β-unsaturated/α-hetero) is 1. The van der Waals surface area contributed by atoms with Crippen LogP contribution in [0.1, 0.15) is 67.1 Å². The molecule has 0 bridgehead atoms. The highest BCUT2D eigenvalue weighted by atomic mass is 16.6. The summed E-state index contributed by atoms with van der Waals surface area (Å²) in [6.45, 7) is 11.6. The van der Waals surface area contributed by atoms with Crippen molar-refractivity contribution in [2.24, 2.45) is 0 Å². The summed E-state index contributed by atoms with van der Waals surface area (Å²) in [4.78, 5) is 23.8. The van der Waals surface area contributed by atoms with Crippen molar-refractivity contribution in [3.8, 4) is 0 Å². The van der Waals surface area contributed by atoms with E-state index in [0.29, 0.717) is 12.8 Å². The van der Waals surface area contributed by atoms with Crippen LogP contribution >= 0.6 is 0 Å². The van der Waals surface area contributed by atoms with Crippen LogP contribution in [0.25, 0.3) is 0 Å². The molecule has 0 fully saturated rings. The van der Waals surface area contributed by atoms with Crippen molar-refractivity contribution in [1.29, 1.82) is 0 Å². The van der Waals surface area contributed by atoms with Gasteiger partial charge in [0.05, 0.1) is 0 Å². The zero-order chi connectivity index (χ0) is 16.2. The smallest absolute Gasteiger partial charge is 0.306 e. The molecule has 1 aromatic carbocycles.